The predicted molar refractivity (Wildman–Crippen MR) is 105 cm³/mol. The number of aliphatic hydroxyl groups is 1. The molecule has 1 N–H and O–H groups in total. The van der Waals surface area contributed by atoms with Gasteiger partial charge in [0.2, 0.25) is 0 Å². The summed E-state index contributed by atoms with van der Waals surface area (Å²) < 4.78 is 0. The molecular weight excluding hydrogens is 318 g/mol. The number of rotatable bonds is 1. The molecule has 6 atom stereocenters. The summed E-state index contributed by atoms with van der Waals surface area (Å²) in [6.07, 6.45) is 15.0. The van der Waals surface area contributed by atoms with Crippen molar-refractivity contribution in [2.75, 3.05) is 0 Å². The van der Waals surface area contributed by atoms with Crippen molar-refractivity contribution in [1.29, 1.82) is 0 Å². The summed E-state index contributed by atoms with van der Waals surface area (Å²) in [5.74, 6) is 2.33. The van der Waals surface area contributed by atoms with Crippen molar-refractivity contribution < 1.29 is 5.11 Å². The second-order valence-electron chi connectivity index (χ2n) is 9.68. The average Bonchev–Trinajstić information content (AvgIpc) is 3.00. The smallest absolute Gasteiger partial charge is 0.0664 e. The molecule has 2 fully saturated rings. The zero-order valence-electron chi connectivity index (χ0n) is 16.1. The highest BCUT2D eigenvalue weighted by Gasteiger charge is 2.56. The van der Waals surface area contributed by atoms with Gasteiger partial charge >= 0.3 is 0 Å². The summed E-state index contributed by atoms with van der Waals surface area (Å²) in [6.45, 7) is 5.01. The third-order valence-corrected chi connectivity index (χ3v) is 8.60. The minimum absolute atomic E-state index is 0.108. The molecule has 5 rings (SSSR count). The van der Waals surface area contributed by atoms with E-state index in [4.69, 9.17) is 0 Å². The zero-order valence-corrected chi connectivity index (χ0v) is 16.1. The van der Waals surface area contributed by atoms with E-state index in [0.717, 1.165) is 30.6 Å². The van der Waals surface area contributed by atoms with Gasteiger partial charge in [-0.05, 0) is 91.2 Å². The Morgan fingerprint density at radius 3 is 2.65 bits per heavy atom. The van der Waals surface area contributed by atoms with Gasteiger partial charge in [-0.2, -0.15) is 0 Å². The van der Waals surface area contributed by atoms with E-state index < -0.39 is 0 Å². The lowest BCUT2D eigenvalue weighted by molar-refractivity contribution is -0.0238. The highest BCUT2D eigenvalue weighted by atomic mass is 16.3. The van der Waals surface area contributed by atoms with E-state index in [1.807, 2.05) is 12.3 Å². The second-order valence-corrected chi connectivity index (χ2v) is 9.68. The first-order valence-corrected chi connectivity index (χ1v) is 10.5. The van der Waals surface area contributed by atoms with Crippen LogP contribution in [0.5, 0.6) is 0 Å². The van der Waals surface area contributed by atoms with Gasteiger partial charge in [-0.3, -0.25) is 4.98 Å². The van der Waals surface area contributed by atoms with E-state index in [1.54, 1.807) is 5.57 Å². The molecule has 2 heteroatoms. The number of allylic oxidation sites excluding steroid dienone is 3. The number of pyridine rings is 1. The minimum atomic E-state index is -0.108. The molecule has 1 aromatic heterocycles. The Bertz CT molecular complexity index is 766. The Morgan fingerprint density at radius 2 is 1.85 bits per heavy atom. The van der Waals surface area contributed by atoms with Crippen LogP contribution in [0.15, 0.2) is 42.1 Å². The first kappa shape index (κ1) is 16.7. The number of nitrogens with zero attached hydrogens (tertiary/aromatic N) is 1. The molecule has 0 bridgehead atoms. The van der Waals surface area contributed by atoms with E-state index in [1.165, 1.54) is 43.4 Å². The average molecular weight is 350 g/mol. The fourth-order valence-electron chi connectivity index (χ4n) is 7.13. The van der Waals surface area contributed by atoms with Crippen LogP contribution in [-0.2, 0) is 0 Å². The van der Waals surface area contributed by atoms with Crippen molar-refractivity contribution in [3.8, 4) is 0 Å². The summed E-state index contributed by atoms with van der Waals surface area (Å²) in [5.41, 5.74) is 4.87. The second kappa shape index (κ2) is 5.79. The quantitative estimate of drug-likeness (QED) is 0.689. The van der Waals surface area contributed by atoms with Gasteiger partial charge in [-0.15, -0.1) is 0 Å². The fraction of sp³-hybridized carbons (Fsp3) is 0.625. The van der Waals surface area contributed by atoms with E-state index in [9.17, 15) is 5.11 Å². The maximum atomic E-state index is 10.2. The summed E-state index contributed by atoms with van der Waals surface area (Å²) >= 11 is 0. The van der Waals surface area contributed by atoms with Crippen LogP contribution in [0.25, 0.3) is 5.57 Å². The first-order valence-electron chi connectivity index (χ1n) is 10.5. The van der Waals surface area contributed by atoms with Gasteiger partial charge in [0.05, 0.1) is 11.8 Å². The summed E-state index contributed by atoms with van der Waals surface area (Å²) in [7, 11) is 0. The van der Waals surface area contributed by atoms with Crippen molar-refractivity contribution in [3.05, 3.63) is 47.8 Å². The van der Waals surface area contributed by atoms with Gasteiger partial charge in [0.1, 0.15) is 0 Å². The molecule has 4 aliphatic carbocycles. The molecule has 0 aliphatic heterocycles. The maximum Gasteiger partial charge on any atom is 0.0664 e. The van der Waals surface area contributed by atoms with Crippen LogP contribution < -0.4 is 0 Å². The van der Waals surface area contributed by atoms with Crippen LogP contribution in [0.2, 0.25) is 0 Å². The molecule has 0 spiro atoms. The van der Waals surface area contributed by atoms with Gasteiger partial charge in [0, 0.05) is 6.20 Å². The normalized spacial score (nSPS) is 44.4. The molecule has 26 heavy (non-hydrogen) atoms. The molecule has 0 radical (unpaired) electrons. The molecule has 3 unspecified atom stereocenters. The largest absolute Gasteiger partial charge is 0.393 e. The third kappa shape index (κ3) is 2.24. The predicted octanol–water partition coefficient (Wildman–Crippen LogP) is 5.40. The standard InChI is InChI=1S/C24H31NO/c1-23-12-10-17(26)15-16(23)6-7-18-19-8-9-21(22-5-3-4-14-25-22)24(19,2)13-11-20(18)23/h3-6,9,14,17-20,26H,7-8,10-13,15H2,1-2H3/t17-,18?,19?,20?,23-,24-/m0/s1. The first-order chi connectivity index (χ1) is 12.5. The van der Waals surface area contributed by atoms with E-state index in [2.05, 4.69) is 43.1 Å². The van der Waals surface area contributed by atoms with Crippen LogP contribution in [0.1, 0.15) is 64.5 Å². The number of hydrogen-bond acceptors (Lipinski definition) is 2. The Labute approximate surface area is 157 Å². The molecule has 1 aromatic rings. The van der Waals surface area contributed by atoms with Gasteiger partial charge in [0.25, 0.3) is 0 Å². The number of aromatic nitrogens is 1. The zero-order chi connectivity index (χ0) is 17.9. The summed E-state index contributed by atoms with van der Waals surface area (Å²) in [5, 5.41) is 10.2. The van der Waals surface area contributed by atoms with Crippen molar-refractivity contribution in [2.45, 2.75) is 64.9 Å². The van der Waals surface area contributed by atoms with Crippen LogP contribution in [0.3, 0.4) is 0 Å². The Morgan fingerprint density at radius 1 is 1.00 bits per heavy atom. The van der Waals surface area contributed by atoms with Crippen LogP contribution >= 0.6 is 0 Å². The Hall–Kier alpha value is -1.41. The van der Waals surface area contributed by atoms with Gasteiger partial charge < -0.3 is 5.11 Å². The van der Waals surface area contributed by atoms with Crippen molar-refractivity contribution in [1.82, 2.24) is 4.98 Å². The fourth-order valence-corrected chi connectivity index (χ4v) is 7.13. The highest BCUT2D eigenvalue weighted by molar-refractivity contribution is 5.70. The van der Waals surface area contributed by atoms with E-state index in [0.29, 0.717) is 5.41 Å². The van der Waals surface area contributed by atoms with E-state index in [-0.39, 0.29) is 11.5 Å². The van der Waals surface area contributed by atoms with Gasteiger partial charge in [-0.25, -0.2) is 0 Å². The molecule has 2 nitrogen and oxygen atoms in total. The molecule has 138 valence electrons. The SMILES string of the molecule is C[C@]12CC[C@H](O)CC1=CCC1C2CC[C@]2(C)C(c3ccccn3)=CCC12. The topological polar surface area (TPSA) is 33.1 Å². The Balaban J connectivity index is 1.48. The Kier molecular flexibility index (Phi) is 3.73. The van der Waals surface area contributed by atoms with Crippen molar-refractivity contribution in [3.63, 3.8) is 0 Å². The number of aliphatic hydroxyl groups excluding tert-OH is 1. The lowest BCUT2D eigenvalue weighted by Crippen LogP contribution is -2.49. The van der Waals surface area contributed by atoms with Crippen LogP contribution in [0.4, 0.5) is 0 Å². The lowest BCUT2D eigenvalue weighted by atomic mass is 9.47. The summed E-state index contributed by atoms with van der Waals surface area (Å²) in [6, 6.07) is 6.32. The third-order valence-electron chi connectivity index (χ3n) is 8.60. The monoisotopic (exact) mass is 349 g/mol. The van der Waals surface area contributed by atoms with E-state index >= 15 is 0 Å². The molecule has 0 saturated heterocycles. The molecule has 0 amide bonds. The van der Waals surface area contributed by atoms with Gasteiger partial charge in [-0.1, -0.05) is 37.6 Å². The van der Waals surface area contributed by atoms with Crippen molar-refractivity contribution in [2.24, 2.45) is 28.6 Å². The van der Waals surface area contributed by atoms with Crippen LogP contribution in [-0.4, -0.2) is 16.2 Å². The molecular formula is C24H31NO. The van der Waals surface area contributed by atoms with Crippen LogP contribution in [0, 0.1) is 28.6 Å². The van der Waals surface area contributed by atoms with Crippen molar-refractivity contribution >= 4 is 5.57 Å². The maximum absolute atomic E-state index is 10.2. The highest BCUT2D eigenvalue weighted by Crippen LogP contribution is 2.66. The van der Waals surface area contributed by atoms with Gasteiger partial charge in [0.15, 0.2) is 0 Å². The number of fused-ring (bicyclic) bond motifs is 5. The lowest BCUT2D eigenvalue weighted by Gasteiger charge is -2.57. The number of hydrogen-bond donors (Lipinski definition) is 1. The molecule has 0 aromatic carbocycles. The molecule has 4 aliphatic rings. The molecule has 1 heterocycles. The molecule has 2 saturated carbocycles. The minimum Gasteiger partial charge on any atom is -0.393 e. The summed E-state index contributed by atoms with van der Waals surface area (Å²) in [4.78, 5) is 4.68.